The topological polar surface area (TPSA) is 92.4 Å². The summed E-state index contributed by atoms with van der Waals surface area (Å²) in [6, 6.07) is -0.694. The molecule has 15 heavy (non-hydrogen) atoms. The van der Waals surface area contributed by atoms with Gasteiger partial charge in [0.1, 0.15) is 0 Å². The Kier molecular flexibility index (Phi) is 4.55. The first kappa shape index (κ1) is 12.0. The molecule has 1 atom stereocenters. The lowest BCUT2D eigenvalue weighted by Gasteiger charge is -2.10. The molecule has 0 aliphatic heterocycles. The van der Waals surface area contributed by atoms with Crippen LogP contribution in [0.2, 0.25) is 0 Å². The van der Waals surface area contributed by atoms with Gasteiger partial charge in [-0.1, -0.05) is 12.8 Å². The third kappa shape index (κ3) is 5.37. The lowest BCUT2D eigenvalue weighted by Crippen LogP contribution is -2.41. The highest BCUT2D eigenvalue weighted by Crippen LogP contribution is 2.31. The minimum Gasteiger partial charge on any atom is -0.481 e. The van der Waals surface area contributed by atoms with Gasteiger partial charge in [0.25, 0.3) is 0 Å². The molecule has 0 radical (unpaired) electrons. The molecule has 0 aromatic carbocycles. The standard InChI is InChI=1S/C10H18N2O3/c11-8(3-4-9(13)14)10(15)12-6-5-7-1-2-7/h7-8H,1-6,11H2,(H,12,15)(H,13,14). The van der Waals surface area contributed by atoms with Crippen molar-refractivity contribution >= 4 is 11.9 Å². The van der Waals surface area contributed by atoms with Gasteiger partial charge in [-0.15, -0.1) is 0 Å². The Hall–Kier alpha value is -1.10. The molecule has 4 N–H and O–H groups in total. The predicted octanol–water partition coefficient (Wildman–Crippen LogP) is 0.0948. The number of carbonyl (C=O) groups excluding carboxylic acids is 1. The van der Waals surface area contributed by atoms with Crippen LogP contribution in [0.25, 0.3) is 0 Å². The fourth-order valence-corrected chi connectivity index (χ4v) is 1.35. The van der Waals surface area contributed by atoms with E-state index >= 15 is 0 Å². The van der Waals surface area contributed by atoms with Crippen molar-refractivity contribution in [2.75, 3.05) is 6.54 Å². The second kappa shape index (κ2) is 5.70. The number of carbonyl (C=O) groups is 2. The van der Waals surface area contributed by atoms with Crippen LogP contribution >= 0.6 is 0 Å². The van der Waals surface area contributed by atoms with Crippen LogP contribution in [0, 0.1) is 5.92 Å². The maximum Gasteiger partial charge on any atom is 0.303 e. The van der Waals surface area contributed by atoms with Crippen molar-refractivity contribution in [2.45, 2.75) is 38.1 Å². The van der Waals surface area contributed by atoms with Crippen molar-refractivity contribution in [3.8, 4) is 0 Å². The molecule has 0 heterocycles. The number of carboxylic acids is 1. The van der Waals surface area contributed by atoms with Crippen molar-refractivity contribution in [2.24, 2.45) is 11.7 Å². The van der Waals surface area contributed by atoms with E-state index in [1.54, 1.807) is 0 Å². The first-order valence-corrected chi connectivity index (χ1v) is 5.34. The summed E-state index contributed by atoms with van der Waals surface area (Å²) in [7, 11) is 0. The summed E-state index contributed by atoms with van der Waals surface area (Å²) in [6.45, 7) is 0.657. The molecule has 86 valence electrons. The maximum absolute atomic E-state index is 11.3. The molecule has 1 rings (SSSR count). The molecule has 1 fully saturated rings. The van der Waals surface area contributed by atoms with Crippen LogP contribution in [-0.2, 0) is 9.59 Å². The number of rotatable bonds is 7. The van der Waals surface area contributed by atoms with Crippen molar-refractivity contribution in [1.82, 2.24) is 5.32 Å². The molecule has 1 aliphatic rings. The van der Waals surface area contributed by atoms with Gasteiger partial charge in [0.15, 0.2) is 0 Å². The van der Waals surface area contributed by atoms with Crippen molar-refractivity contribution < 1.29 is 14.7 Å². The first-order chi connectivity index (χ1) is 7.09. The number of hydrogen-bond acceptors (Lipinski definition) is 3. The Morgan fingerprint density at radius 1 is 1.47 bits per heavy atom. The minimum atomic E-state index is -0.920. The van der Waals surface area contributed by atoms with E-state index < -0.39 is 12.0 Å². The zero-order valence-corrected chi connectivity index (χ0v) is 8.74. The molecule has 1 aliphatic carbocycles. The molecule has 0 aromatic rings. The summed E-state index contributed by atoms with van der Waals surface area (Å²) >= 11 is 0. The largest absolute Gasteiger partial charge is 0.481 e. The van der Waals surface area contributed by atoms with Gasteiger partial charge in [0.2, 0.25) is 5.91 Å². The van der Waals surface area contributed by atoms with E-state index in [0.717, 1.165) is 12.3 Å². The monoisotopic (exact) mass is 214 g/mol. The molecule has 1 unspecified atom stereocenters. The fraction of sp³-hybridized carbons (Fsp3) is 0.800. The maximum atomic E-state index is 11.3. The molecule has 1 saturated carbocycles. The summed E-state index contributed by atoms with van der Waals surface area (Å²) in [5, 5.41) is 11.1. The van der Waals surface area contributed by atoms with Crippen molar-refractivity contribution in [1.29, 1.82) is 0 Å². The van der Waals surface area contributed by atoms with Crippen LogP contribution in [0.3, 0.4) is 0 Å². The Morgan fingerprint density at radius 2 is 2.13 bits per heavy atom. The Balaban J connectivity index is 2.05. The number of nitrogens with one attached hydrogen (secondary N) is 1. The summed E-state index contributed by atoms with van der Waals surface area (Å²) < 4.78 is 0. The molecule has 5 nitrogen and oxygen atoms in total. The fourth-order valence-electron chi connectivity index (χ4n) is 1.35. The van der Waals surface area contributed by atoms with Crippen LogP contribution in [0.1, 0.15) is 32.1 Å². The number of amides is 1. The van der Waals surface area contributed by atoms with Gasteiger partial charge in [-0.25, -0.2) is 0 Å². The lowest BCUT2D eigenvalue weighted by molar-refractivity contribution is -0.137. The molecule has 0 saturated heterocycles. The van der Waals surface area contributed by atoms with E-state index in [-0.39, 0.29) is 18.7 Å². The summed E-state index contributed by atoms with van der Waals surface area (Å²) in [4.78, 5) is 21.6. The number of hydrogen-bond donors (Lipinski definition) is 3. The van der Waals surface area contributed by atoms with E-state index in [2.05, 4.69) is 5.32 Å². The average Bonchev–Trinajstić information content (AvgIpc) is 2.97. The Morgan fingerprint density at radius 3 is 2.67 bits per heavy atom. The van der Waals surface area contributed by atoms with Gasteiger partial charge < -0.3 is 16.2 Å². The van der Waals surface area contributed by atoms with E-state index in [1.165, 1.54) is 12.8 Å². The Labute approximate surface area is 89.0 Å². The highest BCUT2D eigenvalue weighted by Gasteiger charge is 2.21. The lowest BCUT2D eigenvalue weighted by atomic mass is 10.1. The molecule has 0 bridgehead atoms. The first-order valence-electron chi connectivity index (χ1n) is 5.34. The molecule has 5 heteroatoms. The summed E-state index contributed by atoms with van der Waals surface area (Å²) in [6.07, 6.45) is 3.68. The zero-order valence-electron chi connectivity index (χ0n) is 8.74. The van der Waals surface area contributed by atoms with E-state index in [9.17, 15) is 9.59 Å². The third-order valence-corrected chi connectivity index (χ3v) is 2.55. The van der Waals surface area contributed by atoms with E-state index in [0.29, 0.717) is 6.54 Å². The second-order valence-corrected chi connectivity index (χ2v) is 4.06. The van der Waals surface area contributed by atoms with Crippen LogP contribution in [0.5, 0.6) is 0 Å². The summed E-state index contributed by atoms with van der Waals surface area (Å²) in [5.41, 5.74) is 5.52. The molecule has 1 amide bonds. The average molecular weight is 214 g/mol. The molecule has 0 aromatic heterocycles. The highest BCUT2D eigenvalue weighted by atomic mass is 16.4. The quantitative estimate of drug-likeness (QED) is 0.560. The Bertz CT molecular complexity index is 239. The summed E-state index contributed by atoms with van der Waals surface area (Å²) in [5.74, 6) is -0.381. The van der Waals surface area contributed by atoms with Gasteiger partial charge in [0.05, 0.1) is 6.04 Å². The third-order valence-electron chi connectivity index (χ3n) is 2.55. The van der Waals surface area contributed by atoms with Gasteiger partial charge in [-0.2, -0.15) is 0 Å². The van der Waals surface area contributed by atoms with E-state index in [4.69, 9.17) is 10.8 Å². The van der Waals surface area contributed by atoms with Crippen LogP contribution in [0.4, 0.5) is 0 Å². The smallest absolute Gasteiger partial charge is 0.303 e. The van der Waals surface area contributed by atoms with Crippen molar-refractivity contribution in [3.05, 3.63) is 0 Å². The number of carboxylic acid groups (broad SMARTS) is 1. The molecular formula is C10H18N2O3. The predicted molar refractivity (Wildman–Crippen MR) is 55.2 cm³/mol. The SMILES string of the molecule is NC(CCC(=O)O)C(=O)NCCC1CC1. The van der Waals surface area contributed by atoms with Gasteiger partial charge in [-0.3, -0.25) is 9.59 Å². The number of aliphatic carboxylic acids is 1. The molecular weight excluding hydrogens is 196 g/mol. The highest BCUT2D eigenvalue weighted by molar-refractivity contribution is 5.82. The number of nitrogens with two attached hydrogens (primary N) is 1. The van der Waals surface area contributed by atoms with E-state index in [1.807, 2.05) is 0 Å². The van der Waals surface area contributed by atoms with Gasteiger partial charge in [0, 0.05) is 13.0 Å². The van der Waals surface area contributed by atoms with Gasteiger partial charge >= 0.3 is 5.97 Å². The van der Waals surface area contributed by atoms with Crippen LogP contribution in [0.15, 0.2) is 0 Å². The van der Waals surface area contributed by atoms with Crippen molar-refractivity contribution in [3.63, 3.8) is 0 Å². The minimum absolute atomic E-state index is 0.0583. The zero-order chi connectivity index (χ0) is 11.3. The normalized spacial score (nSPS) is 17.1. The van der Waals surface area contributed by atoms with Gasteiger partial charge in [-0.05, 0) is 18.8 Å². The van der Waals surface area contributed by atoms with Crippen LogP contribution in [-0.4, -0.2) is 29.6 Å². The second-order valence-electron chi connectivity index (χ2n) is 4.06. The van der Waals surface area contributed by atoms with Crippen LogP contribution < -0.4 is 11.1 Å². The molecule has 0 spiro atoms.